The van der Waals surface area contributed by atoms with Gasteiger partial charge in [-0.1, -0.05) is 36.4 Å². The van der Waals surface area contributed by atoms with Crippen molar-refractivity contribution in [2.45, 2.75) is 25.4 Å². The highest BCUT2D eigenvalue weighted by atomic mass is 16.4. The molecule has 2 heterocycles. The van der Waals surface area contributed by atoms with Gasteiger partial charge in [0, 0.05) is 11.6 Å². The molecule has 1 fully saturated rings. The smallest absolute Gasteiger partial charge is 0.339 e. The second-order valence-electron chi connectivity index (χ2n) is 6.84. The van der Waals surface area contributed by atoms with Crippen molar-refractivity contribution in [3.05, 3.63) is 77.6 Å². The number of likely N-dealkylation sites (tertiary alicyclic amines) is 1. The number of carboxylic acids is 1. The van der Waals surface area contributed by atoms with E-state index >= 15 is 0 Å². The molecule has 0 bridgehead atoms. The van der Waals surface area contributed by atoms with Crippen LogP contribution in [-0.2, 0) is 6.54 Å². The Bertz CT molecular complexity index is 948. The lowest BCUT2D eigenvalue weighted by molar-refractivity contribution is 0.0693. The van der Waals surface area contributed by atoms with Crippen LogP contribution in [0.4, 0.5) is 0 Å². The van der Waals surface area contributed by atoms with Gasteiger partial charge in [0.25, 0.3) is 0 Å². The number of rotatable bonds is 5. The van der Waals surface area contributed by atoms with Gasteiger partial charge in [-0.15, -0.1) is 0 Å². The molecule has 2 N–H and O–H groups in total. The van der Waals surface area contributed by atoms with E-state index in [2.05, 4.69) is 29.2 Å². The SMILES string of the molecule is O=C(O)c1ccc(-c2ccc(CN3CCCC3c3ccccc3)o2)cc1O. The molecule has 138 valence electrons. The number of phenols is 1. The molecule has 1 atom stereocenters. The Labute approximate surface area is 157 Å². The Morgan fingerprint density at radius 1 is 1.11 bits per heavy atom. The van der Waals surface area contributed by atoms with Gasteiger partial charge in [0.15, 0.2) is 0 Å². The first kappa shape index (κ1) is 17.4. The largest absolute Gasteiger partial charge is 0.507 e. The van der Waals surface area contributed by atoms with Gasteiger partial charge in [0.05, 0.1) is 6.54 Å². The summed E-state index contributed by atoms with van der Waals surface area (Å²) in [7, 11) is 0. The first-order valence-electron chi connectivity index (χ1n) is 9.06. The van der Waals surface area contributed by atoms with Gasteiger partial charge < -0.3 is 14.6 Å². The topological polar surface area (TPSA) is 73.9 Å². The van der Waals surface area contributed by atoms with Crippen LogP contribution in [0.5, 0.6) is 5.75 Å². The van der Waals surface area contributed by atoms with Gasteiger partial charge in [-0.05, 0) is 49.2 Å². The summed E-state index contributed by atoms with van der Waals surface area (Å²) in [5.41, 5.74) is 1.87. The maximum atomic E-state index is 11.0. The van der Waals surface area contributed by atoms with E-state index in [1.165, 1.54) is 17.7 Å². The Hall–Kier alpha value is -3.05. The lowest BCUT2D eigenvalue weighted by Gasteiger charge is -2.23. The average molecular weight is 363 g/mol. The summed E-state index contributed by atoms with van der Waals surface area (Å²) in [5.74, 6) is 0.0594. The summed E-state index contributed by atoms with van der Waals surface area (Å²) < 4.78 is 5.97. The van der Waals surface area contributed by atoms with E-state index in [-0.39, 0.29) is 11.3 Å². The molecule has 2 aromatic carbocycles. The summed E-state index contributed by atoms with van der Waals surface area (Å²) in [5, 5.41) is 18.9. The highest BCUT2D eigenvalue weighted by Gasteiger charge is 2.26. The number of carboxylic acid groups (broad SMARTS) is 1. The molecule has 0 aliphatic carbocycles. The fourth-order valence-corrected chi connectivity index (χ4v) is 3.75. The van der Waals surface area contributed by atoms with Crippen LogP contribution in [0.25, 0.3) is 11.3 Å². The number of aromatic carboxylic acids is 1. The quantitative estimate of drug-likeness (QED) is 0.688. The number of carbonyl (C=O) groups is 1. The molecule has 5 nitrogen and oxygen atoms in total. The van der Waals surface area contributed by atoms with Gasteiger partial charge in [-0.25, -0.2) is 4.79 Å². The highest BCUT2D eigenvalue weighted by Crippen LogP contribution is 2.34. The second-order valence-corrected chi connectivity index (χ2v) is 6.84. The molecule has 1 aromatic heterocycles. The van der Waals surface area contributed by atoms with Crippen molar-refractivity contribution in [1.82, 2.24) is 4.90 Å². The van der Waals surface area contributed by atoms with E-state index in [0.717, 1.165) is 31.7 Å². The Morgan fingerprint density at radius 3 is 2.67 bits per heavy atom. The number of aromatic hydroxyl groups is 1. The summed E-state index contributed by atoms with van der Waals surface area (Å²) in [4.78, 5) is 13.4. The molecular formula is C22H21NO4. The van der Waals surface area contributed by atoms with Crippen molar-refractivity contribution in [1.29, 1.82) is 0 Å². The zero-order chi connectivity index (χ0) is 18.8. The lowest BCUT2D eigenvalue weighted by Crippen LogP contribution is -2.22. The number of benzene rings is 2. The van der Waals surface area contributed by atoms with Crippen molar-refractivity contribution < 1.29 is 19.4 Å². The number of furan rings is 1. The van der Waals surface area contributed by atoms with Gasteiger partial charge in [0.2, 0.25) is 0 Å². The molecule has 5 heteroatoms. The van der Waals surface area contributed by atoms with Crippen LogP contribution in [0.2, 0.25) is 0 Å². The van der Waals surface area contributed by atoms with E-state index in [1.54, 1.807) is 6.07 Å². The summed E-state index contributed by atoms with van der Waals surface area (Å²) in [6.07, 6.45) is 2.31. The zero-order valence-electron chi connectivity index (χ0n) is 14.8. The summed E-state index contributed by atoms with van der Waals surface area (Å²) >= 11 is 0. The average Bonchev–Trinajstić information content (AvgIpc) is 3.32. The van der Waals surface area contributed by atoms with Crippen LogP contribution < -0.4 is 0 Å². The van der Waals surface area contributed by atoms with Gasteiger partial charge in [-0.2, -0.15) is 0 Å². The molecule has 0 amide bonds. The normalized spacial score (nSPS) is 17.3. The maximum absolute atomic E-state index is 11.0. The number of nitrogens with zero attached hydrogens (tertiary/aromatic N) is 1. The number of hydrogen-bond donors (Lipinski definition) is 2. The standard InChI is InChI=1S/C22H21NO4/c24-20-13-16(8-10-18(20)22(25)26)21-11-9-17(27-21)14-23-12-4-7-19(23)15-5-2-1-3-6-15/h1-3,5-6,8-11,13,19,24H,4,7,12,14H2,(H,25,26). The van der Waals surface area contributed by atoms with Gasteiger partial charge >= 0.3 is 5.97 Å². The maximum Gasteiger partial charge on any atom is 0.339 e. The number of hydrogen-bond acceptors (Lipinski definition) is 4. The van der Waals surface area contributed by atoms with Crippen molar-refractivity contribution >= 4 is 5.97 Å². The van der Waals surface area contributed by atoms with E-state index in [9.17, 15) is 9.90 Å². The fraction of sp³-hybridized carbons (Fsp3) is 0.227. The molecule has 4 rings (SSSR count). The minimum atomic E-state index is -1.15. The summed E-state index contributed by atoms with van der Waals surface area (Å²) in [6.45, 7) is 1.75. The third-order valence-corrected chi connectivity index (χ3v) is 5.08. The predicted molar refractivity (Wildman–Crippen MR) is 102 cm³/mol. The molecule has 0 saturated carbocycles. The predicted octanol–water partition coefficient (Wildman–Crippen LogP) is 4.69. The fourth-order valence-electron chi connectivity index (χ4n) is 3.75. The molecule has 3 aromatic rings. The molecule has 1 aliphatic rings. The Kier molecular flexibility index (Phi) is 4.69. The molecule has 1 saturated heterocycles. The van der Waals surface area contributed by atoms with E-state index in [0.29, 0.717) is 17.4 Å². The molecule has 27 heavy (non-hydrogen) atoms. The van der Waals surface area contributed by atoms with E-state index in [1.807, 2.05) is 18.2 Å². The van der Waals surface area contributed by atoms with Crippen LogP contribution in [0.3, 0.4) is 0 Å². The summed E-state index contributed by atoms with van der Waals surface area (Å²) in [6, 6.07) is 19.2. The van der Waals surface area contributed by atoms with Gasteiger partial charge in [-0.3, -0.25) is 4.90 Å². The zero-order valence-corrected chi connectivity index (χ0v) is 14.8. The molecule has 0 spiro atoms. The molecule has 1 aliphatic heterocycles. The van der Waals surface area contributed by atoms with Crippen LogP contribution in [0.1, 0.15) is 40.6 Å². The van der Waals surface area contributed by atoms with Gasteiger partial charge in [0.1, 0.15) is 22.8 Å². The third kappa shape index (κ3) is 3.59. The third-order valence-electron chi connectivity index (χ3n) is 5.08. The molecule has 0 radical (unpaired) electrons. The van der Waals surface area contributed by atoms with E-state index in [4.69, 9.17) is 9.52 Å². The van der Waals surface area contributed by atoms with Crippen LogP contribution in [0, 0.1) is 0 Å². The van der Waals surface area contributed by atoms with Crippen LogP contribution >= 0.6 is 0 Å². The Morgan fingerprint density at radius 2 is 1.93 bits per heavy atom. The highest BCUT2D eigenvalue weighted by molar-refractivity contribution is 5.91. The minimum absolute atomic E-state index is 0.117. The molecule has 1 unspecified atom stereocenters. The molecular weight excluding hydrogens is 342 g/mol. The van der Waals surface area contributed by atoms with Crippen molar-refractivity contribution in [2.24, 2.45) is 0 Å². The van der Waals surface area contributed by atoms with Crippen molar-refractivity contribution in [2.75, 3.05) is 6.54 Å². The van der Waals surface area contributed by atoms with E-state index < -0.39 is 5.97 Å². The monoisotopic (exact) mass is 363 g/mol. The second kappa shape index (κ2) is 7.29. The first-order chi connectivity index (χ1) is 13.1. The lowest BCUT2D eigenvalue weighted by atomic mass is 10.0. The van der Waals surface area contributed by atoms with Crippen molar-refractivity contribution in [3.8, 4) is 17.1 Å². The first-order valence-corrected chi connectivity index (χ1v) is 9.06. The Balaban J connectivity index is 1.51. The van der Waals surface area contributed by atoms with Crippen LogP contribution in [0.15, 0.2) is 65.1 Å². The minimum Gasteiger partial charge on any atom is -0.507 e. The van der Waals surface area contributed by atoms with Crippen LogP contribution in [-0.4, -0.2) is 27.6 Å². The van der Waals surface area contributed by atoms with Crippen molar-refractivity contribution in [3.63, 3.8) is 0 Å².